The van der Waals surface area contributed by atoms with Crippen molar-refractivity contribution in [3.05, 3.63) is 45.8 Å². The molecule has 1 aliphatic rings. The van der Waals surface area contributed by atoms with Gasteiger partial charge in [-0.15, -0.1) is 0 Å². The van der Waals surface area contributed by atoms with Gasteiger partial charge in [0.1, 0.15) is 12.4 Å². The molecule has 1 aliphatic heterocycles. The molecule has 3 rings (SSSR count). The number of anilines is 2. The summed E-state index contributed by atoms with van der Waals surface area (Å²) in [7, 11) is 1.65. The highest BCUT2D eigenvalue weighted by Crippen LogP contribution is 2.27. The van der Waals surface area contributed by atoms with Crippen LogP contribution in [0.3, 0.4) is 0 Å². The van der Waals surface area contributed by atoms with Crippen LogP contribution in [0.1, 0.15) is 17.1 Å². The van der Waals surface area contributed by atoms with Crippen molar-refractivity contribution in [3.63, 3.8) is 0 Å². The average molecular weight is 407 g/mol. The molecule has 7 heteroatoms. The fourth-order valence-electron chi connectivity index (χ4n) is 2.89. The molecule has 0 spiro atoms. The van der Waals surface area contributed by atoms with Gasteiger partial charge < -0.3 is 19.7 Å². The van der Waals surface area contributed by atoms with E-state index >= 15 is 0 Å². The van der Waals surface area contributed by atoms with Crippen LogP contribution < -0.4 is 10.2 Å². The van der Waals surface area contributed by atoms with Crippen molar-refractivity contribution in [1.82, 2.24) is 9.97 Å². The largest absolute Gasteiger partial charge is 0.378 e. The van der Waals surface area contributed by atoms with E-state index in [2.05, 4.69) is 54.3 Å². The number of halogens is 1. The fraction of sp³-hybridized carbons (Fsp3) is 0.444. The van der Waals surface area contributed by atoms with Gasteiger partial charge in [-0.1, -0.05) is 22.0 Å². The highest BCUT2D eigenvalue weighted by molar-refractivity contribution is 9.10. The molecule has 0 saturated carbocycles. The summed E-state index contributed by atoms with van der Waals surface area (Å²) >= 11 is 3.58. The molecular weight excluding hydrogens is 384 g/mol. The number of rotatable bonds is 6. The SMILES string of the molecule is COCc1nc(C)cc(NCc2ccc(Br)cc2N2CCOCC2)n1. The molecule has 25 heavy (non-hydrogen) atoms. The zero-order valence-electron chi connectivity index (χ0n) is 14.6. The van der Waals surface area contributed by atoms with Crippen molar-refractivity contribution in [2.75, 3.05) is 43.6 Å². The van der Waals surface area contributed by atoms with Crippen molar-refractivity contribution in [3.8, 4) is 0 Å². The molecule has 1 fully saturated rings. The predicted molar refractivity (Wildman–Crippen MR) is 102 cm³/mol. The molecule has 1 aromatic carbocycles. The lowest BCUT2D eigenvalue weighted by molar-refractivity contribution is 0.122. The van der Waals surface area contributed by atoms with Gasteiger partial charge in [-0.3, -0.25) is 0 Å². The van der Waals surface area contributed by atoms with E-state index in [4.69, 9.17) is 9.47 Å². The maximum absolute atomic E-state index is 5.47. The summed E-state index contributed by atoms with van der Waals surface area (Å²) in [5.41, 5.74) is 3.39. The Morgan fingerprint density at radius 2 is 2.04 bits per heavy atom. The monoisotopic (exact) mass is 406 g/mol. The van der Waals surface area contributed by atoms with E-state index in [-0.39, 0.29) is 0 Å². The Morgan fingerprint density at radius 3 is 2.80 bits per heavy atom. The second-order valence-electron chi connectivity index (χ2n) is 5.97. The van der Waals surface area contributed by atoms with Crippen molar-refractivity contribution in [2.45, 2.75) is 20.1 Å². The van der Waals surface area contributed by atoms with Crippen LogP contribution in [0.15, 0.2) is 28.7 Å². The van der Waals surface area contributed by atoms with E-state index in [0.717, 1.165) is 42.3 Å². The number of hydrogen-bond donors (Lipinski definition) is 1. The number of benzene rings is 1. The first-order valence-electron chi connectivity index (χ1n) is 8.34. The Labute approximate surface area is 156 Å². The first-order valence-corrected chi connectivity index (χ1v) is 9.13. The summed E-state index contributed by atoms with van der Waals surface area (Å²) in [6.45, 7) is 6.43. The Bertz CT molecular complexity index is 720. The smallest absolute Gasteiger partial charge is 0.156 e. The molecule has 134 valence electrons. The van der Waals surface area contributed by atoms with Crippen LogP contribution in [0, 0.1) is 6.92 Å². The number of morpholine rings is 1. The van der Waals surface area contributed by atoms with Crippen molar-refractivity contribution < 1.29 is 9.47 Å². The molecule has 0 atom stereocenters. The molecule has 1 aromatic heterocycles. The number of nitrogens with zero attached hydrogens (tertiary/aromatic N) is 3. The van der Waals surface area contributed by atoms with E-state index in [1.165, 1.54) is 11.3 Å². The third kappa shape index (κ3) is 4.90. The predicted octanol–water partition coefficient (Wildman–Crippen LogP) is 3.14. The van der Waals surface area contributed by atoms with Gasteiger partial charge in [0, 0.05) is 48.7 Å². The number of aryl methyl sites for hydroxylation is 1. The molecule has 1 saturated heterocycles. The maximum Gasteiger partial charge on any atom is 0.156 e. The minimum absolute atomic E-state index is 0.410. The molecule has 0 radical (unpaired) electrons. The van der Waals surface area contributed by atoms with E-state index in [1.807, 2.05) is 13.0 Å². The van der Waals surface area contributed by atoms with Crippen LogP contribution >= 0.6 is 15.9 Å². The Morgan fingerprint density at radius 1 is 1.24 bits per heavy atom. The molecule has 6 nitrogen and oxygen atoms in total. The molecule has 0 amide bonds. The van der Waals surface area contributed by atoms with Crippen LogP contribution in [0.4, 0.5) is 11.5 Å². The lowest BCUT2D eigenvalue weighted by atomic mass is 10.1. The number of aromatic nitrogens is 2. The van der Waals surface area contributed by atoms with Crippen molar-refractivity contribution >= 4 is 27.4 Å². The Hall–Kier alpha value is -1.70. The maximum atomic E-state index is 5.47. The summed E-state index contributed by atoms with van der Waals surface area (Å²) in [5.74, 6) is 1.50. The van der Waals surface area contributed by atoms with Gasteiger partial charge in [0.05, 0.1) is 13.2 Å². The Balaban J connectivity index is 1.76. The number of methoxy groups -OCH3 is 1. The average Bonchev–Trinajstić information content (AvgIpc) is 2.61. The van der Waals surface area contributed by atoms with E-state index < -0.39 is 0 Å². The zero-order valence-corrected chi connectivity index (χ0v) is 16.2. The van der Waals surface area contributed by atoms with Crippen LogP contribution in [-0.4, -0.2) is 43.4 Å². The van der Waals surface area contributed by atoms with Gasteiger partial charge in [0.25, 0.3) is 0 Å². The fourth-order valence-corrected chi connectivity index (χ4v) is 3.23. The zero-order chi connectivity index (χ0) is 17.6. The number of hydrogen-bond acceptors (Lipinski definition) is 6. The minimum Gasteiger partial charge on any atom is -0.378 e. The van der Waals surface area contributed by atoms with Crippen LogP contribution in [0.25, 0.3) is 0 Å². The van der Waals surface area contributed by atoms with Crippen molar-refractivity contribution in [2.24, 2.45) is 0 Å². The summed E-state index contributed by atoms with van der Waals surface area (Å²) in [5, 5.41) is 3.42. The molecule has 2 heterocycles. The summed E-state index contributed by atoms with van der Waals surface area (Å²) in [6, 6.07) is 8.34. The highest BCUT2D eigenvalue weighted by Gasteiger charge is 2.15. The standard InChI is InChI=1S/C18H23BrN4O2/c1-13-9-17(22-18(21-13)12-24-2)20-11-14-3-4-15(19)10-16(14)23-5-7-25-8-6-23/h3-4,9-10H,5-8,11-12H2,1-2H3,(H,20,21,22). The van der Waals surface area contributed by atoms with Gasteiger partial charge in [-0.25, -0.2) is 9.97 Å². The number of nitrogens with one attached hydrogen (secondary N) is 1. The molecule has 2 aromatic rings. The van der Waals surface area contributed by atoms with E-state index in [1.54, 1.807) is 7.11 Å². The van der Waals surface area contributed by atoms with Crippen LogP contribution in [0.5, 0.6) is 0 Å². The second-order valence-corrected chi connectivity index (χ2v) is 6.89. The van der Waals surface area contributed by atoms with E-state index in [9.17, 15) is 0 Å². The second kappa shape index (κ2) is 8.60. The summed E-state index contributed by atoms with van der Waals surface area (Å²) < 4.78 is 11.7. The van der Waals surface area contributed by atoms with Gasteiger partial charge in [0.2, 0.25) is 0 Å². The molecular formula is C18H23BrN4O2. The normalized spacial score (nSPS) is 14.6. The third-order valence-corrected chi connectivity index (χ3v) is 4.53. The van der Waals surface area contributed by atoms with Gasteiger partial charge >= 0.3 is 0 Å². The van der Waals surface area contributed by atoms with Gasteiger partial charge in [0.15, 0.2) is 5.82 Å². The summed E-state index contributed by atoms with van der Waals surface area (Å²) in [4.78, 5) is 11.3. The summed E-state index contributed by atoms with van der Waals surface area (Å²) in [6.07, 6.45) is 0. The minimum atomic E-state index is 0.410. The van der Waals surface area contributed by atoms with Crippen LogP contribution in [0.2, 0.25) is 0 Å². The van der Waals surface area contributed by atoms with Crippen molar-refractivity contribution in [1.29, 1.82) is 0 Å². The third-order valence-electron chi connectivity index (χ3n) is 4.03. The van der Waals surface area contributed by atoms with Gasteiger partial charge in [-0.05, 0) is 24.6 Å². The lowest BCUT2D eigenvalue weighted by Crippen LogP contribution is -2.36. The molecule has 0 bridgehead atoms. The highest BCUT2D eigenvalue weighted by atomic mass is 79.9. The molecule has 1 N–H and O–H groups in total. The molecule has 0 unspecified atom stereocenters. The Kier molecular flexibility index (Phi) is 6.23. The lowest BCUT2D eigenvalue weighted by Gasteiger charge is -2.31. The van der Waals surface area contributed by atoms with Gasteiger partial charge in [-0.2, -0.15) is 0 Å². The van der Waals surface area contributed by atoms with E-state index in [0.29, 0.717) is 19.0 Å². The quantitative estimate of drug-likeness (QED) is 0.794. The first-order chi connectivity index (χ1) is 12.2. The van der Waals surface area contributed by atoms with Crippen LogP contribution in [-0.2, 0) is 22.6 Å². The number of ether oxygens (including phenoxy) is 2. The first kappa shape index (κ1) is 18.1. The topological polar surface area (TPSA) is 59.5 Å². The molecule has 0 aliphatic carbocycles.